The lowest BCUT2D eigenvalue weighted by atomic mass is 10.1. The van der Waals surface area contributed by atoms with Crippen molar-refractivity contribution in [2.24, 2.45) is 4.99 Å². The Morgan fingerprint density at radius 2 is 2.07 bits per heavy atom. The van der Waals surface area contributed by atoms with Crippen molar-refractivity contribution < 1.29 is 9.21 Å². The second-order valence-corrected chi connectivity index (χ2v) is 7.03. The van der Waals surface area contributed by atoms with Crippen LogP contribution in [0.3, 0.4) is 0 Å². The van der Waals surface area contributed by atoms with Crippen molar-refractivity contribution in [3.63, 3.8) is 0 Å². The summed E-state index contributed by atoms with van der Waals surface area (Å²) in [6.45, 7) is 0.649. The Bertz CT molecular complexity index is 916. The number of unbranched alkanes of at least 4 members (excludes halogenated alkanes) is 1. The standard InChI is InChI=1S/C22H25N5O2/c28-22(23-12-5-4-8-16-6-2-1-3-7-16)27-20-10-9-18-21(26-20)25-19(14-24-18)17-11-13-29-15-17/h1-3,6-7,9,11,13-15,20,24H,4-5,8,10,12H2,(H,25,26)(H2,23,27,28). The smallest absolute Gasteiger partial charge is 0.316 e. The van der Waals surface area contributed by atoms with Crippen LogP contribution in [0.15, 0.2) is 76.3 Å². The Labute approximate surface area is 170 Å². The van der Waals surface area contributed by atoms with Crippen LogP contribution in [-0.2, 0) is 6.42 Å². The first-order chi connectivity index (χ1) is 14.3. The van der Waals surface area contributed by atoms with Crippen LogP contribution in [0.1, 0.15) is 30.4 Å². The number of nitrogens with one attached hydrogen (secondary N) is 4. The number of amides is 2. The third-order valence-corrected chi connectivity index (χ3v) is 4.86. The summed E-state index contributed by atoms with van der Waals surface area (Å²) in [7, 11) is 0. The highest BCUT2D eigenvalue weighted by Gasteiger charge is 2.22. The molecular weight excluding hydrogens is 366 g/mol. The third kappa shape index (κ3) is 5.07. The van der Waals surface area contributed by atoms with E-state index >= 15 is 0 Å². The van der Waals surface area contributed by atoms with E-state index < -0.39 is 0 Å². The fourth-order valence-corrected chi connectivity index (χ4v) is 3.31. The van der Waals surface area contributed by atoms with Gasteiger partial charge in [-0.15, -0.1) is 0 Å². The first-order valence-electron chi connectivity index (χ1n) is 9.91. The van der Waals surface area contributed by atoms with E-state index in [1.807, 2.05) is 24.4 Å². The zero-order valence-electron chi connectivity index (χ0n) is 16.2. The van der Waals surface area contributed by atoms with Gasteiger partial charge in [0.2, 0.25) is 0 Å². The van der Waals surface area contributed by atoms with Gasteiger partial charge in [-0.2, -0.15) is 0 Å². The van der Waals surface area contributed by atoms with E-state index in [2.05, 4.69) is 50.5 Å². The molecule has 3 heterocycles. The molecule has 1 unspecified atom stereocenters. The van der Waals surface area contributed by atoms with Crippen molar-refractivity contribution in [3.05, 3.63) is 78.0 Å². The molecule has 7 nitrogen and oxygen atoms in total. The van der Waals surface area contributed by atoms with Gasteiger partial charge in [-0.25, -0.2) is 9.79 Å². The normalized spacial score (nSPS) is 17.7. The zero-order valence-corrected chi connectivity index (χ0v) is 16.2. The second-order valence-electron chi connectivity index (χ2n) is 7.03. The summed E-state index contributed by atoms with van der Waals surface area (Å²) in [5.74, 6) is 0.711. The van der Waals surface area contributed by atoms with Crippen LogP contribution < -0.4 is 21.3 Å². The number of benzene rings is 1. The average molecular weight is 391 g/mol. The lowest BCUT2D eigenvalue weighted by Gasteiger charge is -2.27. The molecule has 4 rings (SSSR count). The predicted molar refractivity (Wildman–Crippen MR) is 113 cm³/mol. The molecule has 1 aromatic carbocycles. The van der Waals surface area contributed by atoms with Gasteiger partial charge in [-0.1, -0.05) is 36.4 Å². The van der Waals surface area contributed by atoms with E-state index in [1.165, 1.54) is 5.56 Å². The number of rotatable bonds is 7. The van der Waals surface area contributed by atoms with Gasteiger partial charge in [-0.3, -0.25) is 0 Å². The number of amidine groups is 1. The molecule has 0 saturated carbocycles. The van der Waals surface area contributed by atoms with E-state index in [0.717, 1.165) is 36.2 Å². The van der Waals surface area contributed by atoms with Gasteiger partial charge in [-0.05, 0) is 30.9 Å². The minimum atomic E-state index is -0.295. The highest BCUT2D eigenvalue weighted by Crippen LogP contribution is 2.18. The fraction of sp³-hybridized carbons (Fsp3) is 0.273. The zero-order chi connectivity index (χ0) is 19.9. The molecule has 2 amide bonds. The number of carbonyl (C=O) groups is 1. The maximum Gasteiger partial charge on any atom is 0.316 e. The van der Waals surface area contributed by atoms with Crippen LogP contribution in [0.4, 0.5) is 4.79 Å². The lowest BCUT2D eigenvalue weighted by Crippen LogP contribution is -2.45. The second kappa shape index (κ2) is 9.14. The van der Waals surface area contributed by atoms with Crippen LogP contribution >= 0.6 is 0 Å². The van der Waals surface area contributed by atoms with Gasteiger partial charge in [0.05, 0.1) is 23.9 Å². The van der Waals surface area contributed by atoms with Gasteiger partial charge < -0.3 is 25.7 Å². The van der Waals surface area contributed by atoms with Gasteiger partial charge >= 0.3 is 6.03 Å². The van der Waals surface area contributed by atoms with Crippen molar-refractivity contribution in [1.29, 1.82) is 0 Å². The molecule has 0 fully saturated rings. The van der Waals surface area contributed by atoms with Crippen LogP contribution in [0.25, 0.3) is 5.70 Å². The minimum Gasteiger partial charge on any atom is -0.472 e. The molecule has 4 N–H and O–H groups in total. The van der Waals surface area contributed by atoms with Crippen LogP contribution in [0.2, 0.25) is 0 Å². The molecule has 0 bridgehead atoms. The van der Waals surface area contributed by atoms with Gasteiger partial charge in [0.15, 0.2) is 5.84 Å². The summed E-state index contributed by atoms with van der Waals surface area (Å²) in [6, 6.07) is 12.1. The Morgan fingerprint density at radius 1 is 1.17 bits per heavy atom. The van der Waals surface area contributed by atoms with E-state index in [9.17, 15) is 4.79 Å². The molecule has 0 aliphatic carbocycles. The maximum absolute atomic E-state index is 12.2. The van der Waals surface area contributed by atoms with Crippen molar-refractivity contribution in [2.75, 3.05) is 6.54 Å². The molecule has 150 valence electrons. The first kappa shape index (κ1) is 18.9. The van der Waals surface area contributed by atoms with Gasteiger partial charge in [0, 0.05) is 24.7 Å². The summed E-state index contributed by atoms with van der Waals surface area (Å²) < 4.78 is 5.13. The van der Waals surface area contributed by atoms with Crippen molar-refractivity contribution in [2.45, 2.75) is 31.8 Å². The predicted octanol–water partition coefficient (Wildman–Crippen LogP) is 3.11. The van der Waals surface area contributed by atoms with Gasteiger partial charge in [0.25, 0.3) is 0 Å². The topological polar surface area (TPSA) is 90.7 Å². The largest absolute Gasteiger partial charge is 0.472 e. The highest BCUT2D eigenvalue weighted by molar-refractivity contribution is 6.05. The Kier molecular flexibility index (Phi) is 5.95. The number of hydrogen-bond donors (Lipinski definition) is 4. The first-order valence-corrected chi connectivity index (χ1v) is 9.91. The summed E-state index contributed by atoms with van der Waals surface area (Å²) in [5.41, 5.74) is 4.05. The molecule has 29 heavy (non-hydrogen) atoms. The number of fused-ring (bicyclic) bond motifs is 1. The number of aliphatic imine (C=N–C) groups is 1. The quantitative estimate of drug-likeness (QED) is 0.546. The van der Waals surface area contributed by atoms with Gasteiger partial charge in [0.1, 0.15) is 6.17 Å². The molecule has 2 aromatic rings. The average Bonchev–Trinajstić information content (AvgIpc) is 3.29. The van der Waals surface area contributed by atoms with E-state index in [0.29, 0.717) is 18.8 Å². The Morgan fingerprint density at radius 3 is 2.90 bits per heavy atom. The molecule has 0 spiro atoms. The highest BCUT2D eigenvalue weighted by atomic mass is 16.3. The molecule has 2 aliphatic heterocycles. The van der Waals surface area contributed by atoms with Crippen LogP contribution in [0, 0.1) is 0 Å². The summed E-state index contributed by atoms with van der Waals surface area (Å²) >= 11 is 0. The van der Waals surface area contributed by atoms with Crippen LogP contribution in [0.5, 0.6) is 0 Å². The number of dihydropyridines is 1. The van der Waals surface area contributed by atoms with Crippen molar-refractivity contribution in [1.82, 2.24) is 21.3 Å². The molecular formula is C22H25N5O2. The number of hydrogen-bond acceptors (Lipinski definition) is 5. The van der Waals surface area contributed by atoms with E-state index in [-0.39, 0.29) is 12.2 Å². The summed E-state index contributed by atoms with van der Waals surface area (Å²) in [4.78, 5) is 16.8. The van der Waals surface area contributed by atoms with Crippen LogP contribution in [-0.4, -0.2) is 24.6 Å². The molecule has 2 aliphatic rings. The molecule has 7 heteroatoms. The fourth-order valence-electron chi connectivity index (χ4n) is 3.31. The monoisotopic (exact) mass is 391 g/mol. The summed E-state index contributed by atoms with van der Waals surface area (Å²) in [6.07, 6.45) is 10.6. The Balaban J connectivity index is 1.20. The lowest BCUT2D eigenvalue weighted by molar-refractivity contribution is 0.237. The number of aryl methyl sites for hydroxylation is 1. The number of nitrogens with zero attached hydrogens (tertiary/aromatic N) is 1. The Hall–Kier alpha value is -3.48. The third-order valence-electron chi connectivity index (χ3n) is 4.86. The summed E-state index contributed by atoms with van der Waals surface area (Å²) in [5, 5.41) is 12.4. The van der Waals surface area contributed by atoms with E-state index in [4.69, 9.17) is 4.42 Å². The number of carbonyl (C=O) groups excluding carboxylic acids is 1. The number of furan rings is 1. The van der Waals surface area contributed by atoms with Crippen molar-refractivity contribution in [3.8, 4) is 0 Å². The molecule has 1 atom stereocenters. The molecule has 0 radical (unpaired) electrons. The van der Waals surface area contributed by atoms with Crippen molar-refractivity contribution >= 4 is 17.6 Å². The van der Waals surface area contributed by atoms with E-state index in [1.54, 1.807) is 12.5 Å². The molecule has 0 saturated heterocycles. The number of urea groups is 1. The molecule has 1 aromatic heterocycles. The maximum atomic E-state index is 12.2. The minimum absolute atomic E-state index is 0.190. The SMILES string of the molecule is O=C(NCCCCc1ccccc1)NC1CC=C2NC=C(c3ccoc3)NC2=N1.